The second kappa shape index (κ2) is 5.83. The van der Waals surface area contributed by atoms with Crippen molar-refractivity contribution in [2.75, 3.05) is 12.4 Å². The Kier molecular flexibility index (Phi) is 4.14. The SMILES string of the molecule is CNc1ncc(Br)c(Oc2cc([N+](=O)[O-])ccc2C)n1. The number of nitrogens with zero attached hydrogens (tertiary/aromatic N) is 3. The van der Waals surface area contributed by atoms with Gasteiger partial charge in [-0.3, -0.25) is 10.1 Å². The maximum Gasteiger partial charge on any atom is 0.273 e. The zero-order chi connectivity index (χ0) is 14.7. The van der Waals surface area contributed by atoms with Crippen LogP contribution in [0.5, 0.6) is 11.6 Å². The number of ether oxygens (including phenoxy) is 1. The molecule has 0 fully saturated rings. The van der Waals surface area contributed by atoms with Gasteiger partial charge in [0, 0.05) is 13.1 Å². The van der Waals surface area contributed by atoms with E-state index in [1.54, 1.807) is 26.2 Å². The first-order valence-electron chi connectivity index (χ1n) is 5.64. The molecule has 0 saturated carbocycles. The van der Waals surface area contributed by atoms with Crippen LogP contribution in [-0.4, -0.2) is 21.9 Å². The summed E-state index contributed by atoms with van der Waals surface area (Å²) < 4.78 is 6.19. The number of halogens is 1. The monoisotopic (exact) mass is 338 g/mol. The van der Waals surface area contributed by atoms with E-state index < -0.39 is 4.92 Å². The number of rotatable bonds is 4. The van der Waals surface area contributed by atoms with Crippen LogP contribution < -0.4 is 10.1 Å². The lowest BCUT2D eigenvalue weighted by Crippen LogP contribution is -1.99. The molecule has 2 rings (SSSR count). The molecule has 0 aliphatic rings. The molecular formula is C12H11BrN4O3. The van der Waals surface area contributed by atoms with Gasteiger partial charge in [-0.25, -0.2) is 4.98 Å². The summed E-state index contributed by atoms with van der Waals surface area (Å²) in [7, 11) is 1.69. The van der Waals surface area contributed by atoms with Gasteiger partial charge in [0.2, 0.25) is 11.8 Å². The molecule has 2 aromatic rings. The number of aryl methyl sites for hydroxylation is 1. The lowest BCUT2D eigenvalue weighted by Gasteiger charge is -2.09. The van der Waals surface area contributed by atoms with E-state index in [1.807, 2.05) is 0 Å². The topological polar surface area (TPSA) is 90.2 Å². The summed E-state index contributed by atoms with van der Waals surface area (Å²) in [6.45, 7) is 1.80. The number of aromatic nitrogens is 2. The van der Waals surface area contributed by atoms with Crippen LogP contribution >= 0.6 is 15.9 Å². The smallest absolute Gasteiger partial charge is 0.273 e. The number of hydrogen-bond acceptors (Lipinski definition) is 6. The Labute approximate surface area is 123 Å². The second-order valence-corrected chi connectivity index (χ2v) is 4.76. The van der Waals surface area contributed by atoms with E-state index >= 15 is 0 Å². The lowest BCUT2D eigenvalue weighted by molar-refractivity contribution is -0.384. The van der Waals surface area contributed by atoms with Crippen LogP contribution in [-0.2, 0) is 0 Å². The molecule has 1 heterocycles. The molecule has 7 nitrogen and oxygen atoms in total. The number of hydrogen-bond donors (Lipinski definition) is 1. The lowest BCUT2D eigenvalue weighted by atomic mass is 10.2. The van der Waals surface area contributed by atoms with Gasteiger partial charge in [0.25, 0.3) is 5.69 Å². The Morgan fingerprint density at radius 2 is 2.20 bits per heavy atom. The van der Waals surface area contributed by atoms with Crippen molar-refractivity contribution < 1.29 is 9.66 Å². The first-order chi connectivity index (χ1) is 9.51. The molecule has 0 unspecified atom stereocenters. The van der Waals surface area contributed by atoms with Crippen LogP contribution in [0.15, 0.2) is 28.9 Å². The maximum atomic E-state index is 10.8. The standard InChI is InChI=1S/C12H11BrN4O3/c1-7-3-4-8(17(18)19)5-10(7)20-11-9(13)6-15-12(14-2)16-11/h3-6H,1-2H3,(H,14,15,16). The summed E-state index contributed by atoms with van der Waals surface area (Å²) in [5.41, 5.74) is 0.733. The van der Waals surface area contributed by atoms with Crippen LogP contribution in [0.2, 0.25) is 0 Å². The second-order valence-electron chi connectivity index (χ2n) is 3.91. The Balaban J connectivity index is 2.38. The van der Waals surface area contributed by atoms with Gasteiger partial charge in [0.05, 0.1) is 21.7 Å². The highest BCUT2D eigenvalue weighted by Crippen LogP contribution is 2.32. The fourth-order valence-electron chi connectivity index (χ4n) is 1.46. The highest BCUT2D eigenvalue weighted by molar-refractivity contribution is 9.10. The molecule has 20 heavy (non-hydrogen) atoms. The minimum absolute atomic E-state index is 0.0374. The number of benzene rings is 1. The normalized spacial score (nSPS) is 10.2. The maximum absolute atomic E-state index is 10.8. The van der Waals surface area contributed by atoms with Crippen LogP contribution in [0.4, 0.5) is 11.6 Å². The molecule has 104 valence electrons. The van der Waals surface area contributed by atoms with Crippen molar-refractivity contribution in [3.05, 3.63) is 44.5 Å². The first-order valence-corrected chi connectivity index (χ1v) is 6.43. The van der Waals surface area contributed by atoms with Crippen molar-refractivity contribution >= 4 is 27.6 Å². The van der Waals surface area contributed by atoms with Gasteiger partial charge < -0.3 is 10.1 Å². The molecule has 0 spiro atoms. The van der Waals surface area contributed by atoms with E-state index in [0.29, 0.717) is 16.2 Å². The van der Waals surface area contributed by atoms with Crippen molar-refractivity contribution in [3.8, 4) is 11.6 Å². The van der Waals surface area contributed by atoms with E-state index in [0.717, 1.165) is 5.56 Å². The Hall–Kier alpha value is -2.22. The van der Waals surface area contributed by atoms with Gasteiger partial charge in [-0.1, -0.05) is 0 Å². The predicted molar refractivity (Wildman–Crippen MR) is 77.2 cm³/mol. The van der Waals surface area contributed by atoms with Crippen LogP contribution in [0.25, 0.3) is 0 Å². The van der Waals surface area contributed by atoms with Gasteiger partial charge in [-0.2, -0.15) is 4.98 Å². The van der Waals surface area contributed by atoms with Crippen LogP contribution in [0, 0.1) is 17.0 Å². The van der Waals surface area contributed by atoms with Crippen molar-refractivity contribution in [2.45, 2.75) is 6.92 Å². The fraction of sp³-hybridized carbons (Fsp3) is 0.167. The van der Waals surface area contributed by atoms with E-state index in [2.05, 4.69) is 31.2 Å². The summed E-state index contributed by atoms with van der Waals surface area (Å²) >= 11 is 3.28. The minimum atomic E-state index is -0.472. The summed E-state index contributed by atoms with van der Waals surface area (Å²) in [4.78, 5) is 18.5. The average molecular weight is 339 g/mol. The van der Waals surface area contributed by atoms with Gasteiger partial charge in [0.1, 0.15) is 5.75 Å². The number of anilines is 1. The Morgan fingerprint density at radius 3 is 2.85 bits per heavy atom. The Morgan fingerprint density at radius 1 is 1.45 bits per heavy atom. The minimum Gasteiger partial charge on any atom is -0.437 e. The number of non-ortho nitro benzene ring substituents is 1. The Bertz CT molecular complexity index is 663. The van der Waals surface area contributed by atoms with Crippen LogP contribution in [0.3, 0.4) is 0 Å². The quantitative estimate of drug-likeness (QED) is 0.679. The summed E-state index contributed by atoms with van der Waals surface area (Å²) in [5.74, 6) is 1.06. The molecule has 0 amide bonds. The molecule has 0 saturated heterocycles. The van der Waals surface area contributed by atoms with Crippen molar-refractivity contribution in [1.29, 1.82) is 0 Å². The predicted octanol–water partition coefficient (Wildman–Crippen LogP) is 3.29. The average Bonchev–Trinajstić information content (AvgIpc) is 2.43. The van der Waals surface area contributed by atoms with E-state index in [9.17, 15) is 10.1 Å². The largest absolute Gasteiger partial charge is 0.437 e. The third-order valence-electron chi connectivity index (χ3n) is 2.52. The summed E-state index contributed by atoms with van der Waals surface area (Å²) in [6.07, 6.45) is 1.54. The van der Waals surface area contributed by atoms with E-state index in [4.69, 9.17) is 4.74 Å². The third-order valence-corrected chi connectivity index (χ3v) is 3.07. The summed E-state index contributed by atoms with van der Waals surface area (Å²) in [5, 5.41) is 13.6. The highest BCUT2D eigenvalue weighted by atomic mass is 79.9. The number of nitrogens with one attached hydrogen (secondary N) is 1. The van der Waals surface area contributed by atoms with Gasteiger partial charge >= 0.3 is 0 Å². The van der Waals surface area contributed by atoms with Crippen molar-refractivity contribution in [1.82, 2.24) is 9.97 Å². The van der Waals surface area contributed by atoms with Gasteiger partial charge in [0.15, 0.2) is 0 Å². The molecule has 0 atom stereocenters. The van der Waals surface area contributed by atoms with E-state index in [-0.39, 0.29) is 11.6 Å². The summed E-state index contributed by atoms with van der Waals surface area (Å²) in [6, 6.07) is 4.42. The molecule has 8 heteroatoms. The van der Waals surface area contributed by atoms with Crippen LogP contribution in [0.1, 0.15) is 5.56 Å². The molecule has 0 bridgehead atoms. The zero-order valence-electron chi connectivity index (χ0n) is 10.8. The molecule has 1 aromatic carbocycles. The van der Waals surface area contributed by atoms with E-state index in [1.165, 1.54) is 12.1 Å². The molecule has 1 aromatic heterocycles. The molecule has 0 radical (unpaired) electrons. The van der Waals surface area contributed by atoms with Crippen molar-refractivity contribution in [2.24, 2.45) is 0 Å². The van der Waals surface area contributed by atoms with Crippen molar-refractivity contribution in [3.63, 3.8) is 0 Å². The third kappa shape index (κ3) is 3.02. The molecule has 1 N–H and O–H groups in total. The van der Waals surface area contributed by atoms with Gasteiger partial charge in [-0.05, 0) is 34.5 Å². The highest BCUT2D eigenvalue weighted by Gasteiger charge is 2.13. The molecule has 0 aliphatic carbocycles. The number of nitro groups is 1. The first kappa shape index (κ1) is 14.2. The fourth-order valence-corrected chi connectivity index (χ4v) is 1.73. The molecule has 0 aliphatic heterocycles. The molecular weight excluding hydrogens is 328 g/mol. The van der Waals surface area contributed by atoms with Gasteiger partial charge in [-0.15, -0.1) is 0 Å². The number of nitro benzene ring substituents is 1. The zero-order valence-corrected chi connectivity index (χ0v) is 12.3.